The molecule has 0 saturated carbocycles. The third-order valence-corrected chi connectivity index (χ3v) is 3.82. The van der Waals surface area contributed by atoms with Gasteiger partial charge in [-0.25, -0.2) is 0 Å². The van der Waals surface area contributed by atoms with Crippen LogP contribution in [0, 0.1) is 13.8 Å². The number of aromatic nitrogens is 1. The lowest BCUT2D eigenvalue weighted by molar-refractivity contribution is 0.0953. The standard InChI is InChI=1S/C16H19BrN2O/c1-4-9-18-16(20)15-10-11(2)19(12(15)3)14-7-5-13(17)6-8-14/h5-8,10H,4,9H2,1-3H3,(H,18,20). The van der Waals surface area contributed by atoms with E-state index in [4.69, 9.17) is 0 Å². The molecule has 0 saturated heterocycles. The first-order chi connectivity index (χ1) is 9.54. The highest BCUT2D eigenvalue weighted by molar-refractivity contribution is 9.10. The van der Waals surface area contributed by atoms with Gasteiger partial charge in [0.1, 0.15) is 0 Å². The fourth-order valence-corrected chi connectivity index (χ4v) is 2.58. The predicted octanol–water partition coefficient (Wildman–Crippen LogP) is 4.00. The molecule has 0 fully saturated rings. The topological polar surface area (TPSA) is 34.0 Å². The van der Waals surface area contributed by atoms with Crippen molar-refractivity contribution in [1.82, 2.24) is 9.88 Å². The molecule has 1 N–H and O–H groups in total. The number of benzene rings is 1. The molecule has 0 aliphatic rings. The summed E-state index contributed by atoms with van der Waals surface area (Å²) in [6, 6.07) is 10.0. The van der Waals surface area contributed by atoms with Crippen LogP contribution in [-0.4, -0.2) is 17.0 Å². The normalized spacial score (nSPS) is 10.6. The number of hydrogen-bond acceptors (Lipinski definition) is 1. The van der Waals surface area contributed by atoms with Gasteiger partial charge in [-0.3, -0.25) is 4.79 Å². The molecule has 0 spiro atoms. The summed E-state index contributed by atoms with van der Waals surface area (Å²) in [4.78, 5) is 12.1. The lowest BCUT2D eigenvalue weighted by Crippen LogP contribution is -2.24. The molecule has 0 unspecified atom stereocenters. The third kappa shape index (κ3) is 2.96. The zero-order chi connectivity index (χ0) is 14.7. The maximum Gasteiger partial charge on any atom is 0.253 e. The van der Waals surface area contributed by atoms with E-state index in [1.54, 1.807) is 0 Å². The first-order valence-electron chi connectivity index (χ1n) is 6.77. The molecule has 2 aromatic rings. The molecule has 106 valence electrons. The van der Waals surface area contributed by atoms with Crippen molar-refractivity contribution in [1.29, 1.82) is 0 Å². The second-order valence-electron chi connectivity index (χ2n) is 4.85. The number of hydrogen-bond donors (Lipinski definition) is 1. The molecule has 1 amide bonds. The zero-order valence-electron chi connectivity index (χ0n) is 12.0. The number of nitrogens with one attached hydrogen (secondary N) is 1. The van der Waals surface area contributed by atoms with E-state index >= 15 is 0 Å². The largest absolute Gasteiger partial charge is 0.352 e. The SMILES string of the molecule is CCCNC(=O)c1cc(C)n(-c2ccc(Br)cc2)c1C. The first kappa shape index (κ1) is 14.9. The Labute approximate surface area is 128 Å². The number of halogens is 1. The third-order valence-electron chi connectivity index (χ3n) is 3.30. The minimum absolute atomic E-state index is 0.00307. The van der Waals surface area contributed by atoms with Gasteiger partial charge < -0.3 is 9.88 Å². The van der Waals surface area contributed by atoms with E-state index in [9.17, 15) is 4.79 Å². The van der Waals surface area contributed by atoms with Crippen LogP contribution in [0.1, 0.15) is 35.1 Å². The Bertz CT molecular complexity index is 614. The molecule has 0 bridgehead atoms. The fourth-order valence-electron chi connectivity index (χ4n) is 2.31. The minimum atomic E-state index is 0.00307. The molecule has 4 heteroatoms. The van der Waals surface area contributed by atoms with Crippen LogP contribution in [0.15, 0.2) is 34.8 Å². The summed E-state index contributed by atoms with van der Waals surface area (Å²) < 4.78 is 3.15. The van der Waals surface area contributed by atoms with Gasteiger partial charge in [0.2, 0.25) is 0 Å². The monoisotopic (exact) mass is 334 g/mol. The maximum atomic E-state index is 12.1. The molecule has 0 radical (unpaired) electrons. The summed E-state index contributed by atoms with van der Waals surface area (Å²) in [5.74, 6) is 0.00307. The van der Waals surface area contributed by atoms with Crippen LogP contribution in [0.4, 0.5) is 0 Å². The van der Waals surface area contributed by atoms with Crippen molar-refractivity contribution < 1.29 is 4.79 Å². The Hall–Kier alpha value is -1.55. The van der Waals surface area contributed by atoms with Crippen molar-refractivity contribution in [3.63, 3.8) is 0 Å². The molecule has 3 nitrogen and oxygen atoms in total. The molecule has 0 atom stereocenters. The zero-order valence-corrected chi connectivity index (χ0v) is 13.6. The summed E-state index contributed by atoms with van der Waals surface area (Å²) in [6.07, 6.45) is 0.942. The molecule has 1 heterocycles. The molecule has 1 aromatic heterocycles. The number of rotatable bonds is 4. The summed E-state index contributed by atoms with van der Waals surface area (Å²) in [5.41, 5.74) is 3.85. The van der Waals surface area contributed by atoms with E-state index < -0.39 is 0 Å². The van der Waals surface area contributed by atoms with E-state index in [1.807, 2.05) is 51.1 Å². The Balaban J connectivity index is 2.38. The van der Waals surface area contributed by atoms with Crippen LogP contribution in [0.5, 0.6) is 0 Å². The van der Waals surface area contributed by atoms with Crippen LogP contribution in [0.25, 0.3) is 5.69 Å². The Morgan fingerprint density at radius 1 is 1.25 bits per heavy atom. The maximum absolute atomic E-state index is 12.1. The van der Waals surface area contributed by atoms with E-state index in [-0.39, 0.29) is 5.91 Å². The van der Waals surface area contributed by atoms with Crippen LogP contribution in [0.3, 0.4) is 0 Å². The van der Waals surface area contributed by atoms with E-state index in [2.05, 4.69) is 25.8 Å². The molecule has 0 aliphatic carbocycles. The van der Waals surface area contributed by atoms with Crippen molar-refractivity contribution in [2.75, 3.05) is 6.54 Å². The number of carbonyl (C=O) groups is 1. The van der Waals surface area contributed by atoms with Crippen molar-refractivity contribution in [3.8, 4) is 5.69 Å². The Kier molecular flexibility index (Phi) is 4.65. The lowest BCUT2D eigenvalue weighted by atomic mass is 10.2. The lowest BCUT2D eigenvalue weighted by Gasteiger charge is -2.10. The summed E-state index contributed by atoms with van der Waals surface area (Å²) in [5, 5.41) is 2.93. The van der Waals surface area contributed by atoms with E-state index in [0.29, 0.717) is 6.54 Å². The van der Waals surface area contributed by atoms with Gasteiger partial charge in [-0.05, 0) is 50.6 Å². The van der Waals surface area contributed by atoms with Gasteiger partial charge in [-0.2, -0.15) is 0 Å². The van der Waals surface area contributed by atoms with Crippen molar-refractivity contribution in [2.24, 2.45) is 0 Å². The van der Waals surface area contributed by atoms with Crippen molar-refractivity contribution >= 4 is 21.8 Å². The highest BCUT2D eigenvalue weighted by Crippen LogP contribution is 2.22. The Morgan fingerprint density at radius 3 is 2.50 bits per heavy atom. The van der Waals surface area contributed by atoms with Gasteiger partial charge in [0.25, 0.3) is 5.91 Å². The van der Waals surface area contributed by atoms with Gasteiger partial charge in [0.05, 0.1) is 5.56 Å². The molecule has 2 rings (SSSR count). The van der Waals surface area contributed by atoms with E-state index in [1.165, 1.54) is 0 Å². The molecule has 1 aromatic carbocycles. The van der Waals surface area contributed by atoms with Gasteiger partial charge >= 0.3 is 0 Å². The second-order valence-corrected chi connectivity index (χ2v) is 5.77. The highest BCUT2D eigenvalue weighted by Gasteiger charge is 2.16. The molecular weight excluding hydrogens is 316 g/mol. The molecular formula is C16H19BrN2O. The highest BCUT2D eigenvalue weighted by atomic mass is 79.9. The molecule has 20 heavy (non-hydrogen) atoms. The minimum Gasteiger partial charge on any atom is -0.352 e. The number of carbonyl (C=O) groups excluding carboxylic acids is 1. The van der Waals surface area contributed by atoms with Gasteiger partial charge in [-0.15, -0.1) is 0 Å². The summed E-state index contributed by atoms with van der Waals surface area (Å²) >= 11 is 3.44. The van der Waals surface area contributed by atoms with Crippen molar-refractivity contribution in [2.45, 2.75) is 27.2 Å². The predicted molar refractivity (Wildman–Crippen MR) is 85.6 cm³/mol. The smallest absolute Gasteiger partial charge is 0.253 e. The quantitative estimate of drug-likeness (QED) is 0.900. The summed E-state index contributed by atoms with van der Waals surface area (Å²) in [6.45, 7) is 6.76. The van der Waals surface area contributed by atoms with Gasteiger partial charge in [0, 0.05) is 28.1 Å². The number of amides is 1. The van der Waals surface area contributed by atoms with Crippen LogP contribution < -0.4 is 5.32 Å². The number of aryl methyl sites for hydroxylation is 1. The first-order valence-corrected chi connectivity index (χ1v) is 7.57. The Morgan fingerprint density at radius 2 is 1.90 bits per heavy atom. The average molecular weight is 335 g/mol. The fraction of sp³-hybridized carbons (Fsp3) is 0.312. The van der Waals surface area contributed by atoms with Crippen molar-refractivity contribution in [3.05, 3.63) is 51.8 Å². The van der Waals surface area contributed by atoms with Crippen LogP contribution in [-0.2, 0) is 0 Å². The van der Waals surface area contributed by atoms with E-state index in [0.717, 1.165) is 33.5 Å². The second kappa shape index (κ2) is 6.27. The van der Waals surface area contributed by atoms with Gasteiger partial charge in [-0.1, -0.05) is 22.9 Å². The van der Waals surface area contributed by atoms with Crippen LogP contribution >= 0.6 is 15.9 Å². The van der Waals surface area contributed by atoms with Crippen LogP contribution in [0.2, 0.25) is 0 Å². The summed E-state index contributed by atoms with van der Waals surface area (Å²) in [7, 11) is 0. The molecule has 0 aliphatic heterocycles. The average Bonchev–Trinajstić information content (AvgIpc) is 2.73. The van der Waals surface area contributed by atoms with Gasteiger partial charge in [0.15, 0.2) is 0 Å². The number of nitrogens with zero attached hydrogens (tertiary/aromatic N) is 1.